The Hall–Kier alpha value is -1.85. The molecule has 0 saturated carbocycles. The van der Waals surface area contributed by atoms with Crippen LogP contribution in [0.3, 0.4) is 0 Å². The summed E-state index contributed by atoms with van der Waals surface area (Å²) in [5, 5.41) is 3.21. The van der Waals surface area contributed by atoms with Gasteiger partial charge in [0.05, 0.1) is 6.33 Å². The van der Waals surface area contributed by atoms with Gasteiger partial charge in [0, 0.05) is 50.8 Å². The highest BCUT2D eigenvalue weighted by Gasteiger charge is 2.36. The molecule has 0 aliphatic carbocycles. The lowest BCUT2D eigenvalue weighted by molar-refractivity contribution is -0.137. The van der Waals surface area contributed by atoms with Gasteiger partial charge in [-0.25, -0.2) is 15.0 Å². The van der Waals surface area contributed by atoms with E-state index in [4.69, 9.17) is 4.74 Å². The molecule has 0 bridgehead atoms. The fourth-order valence-corrected chi connectivity index (χ4v) is 4.44. The van der Waals surface area contributed by atoms with Crippen molar-refractivity contribution in [2.45, 2.75) is 43.9 Å². The number of nitrogens with one attached hydrogen (secondary N) is 1. The third-order valence-corrected chi connectivity index (χ3v) is 6.48. The summed E-state index contributed by atoms with van der Waals surface area (Å²) in [6.07, 6.45) is 4.97. The largest absolute Gasteiger partial charge is 0.420 e. The number of ether oxygens (including phenoxy) is 1. The Kier molecular flexibility index (Phi) is 6.49. The Labute approximate surface area is 177 Å². The van der Waals surface area contributed by atoms with Gasteiger partial charge in [-0.15, -0.1) is 0 Å². The minimum Gasteiger partial charge on any atom is -0.381 e. The second-order valence-electron chi connectivity index (χ2n) is 7.53. The molecule has 2 fully saturated rings. The summed E-state index contributed by atoms with van der Waals surface area (Å²) in [5.74, 6) is 0.209. The molecule has 2 saturated heterocycles. The van der Waals surface area contributed by atoms with Gasteiger partial charge in [-0.1, -0.05) is 11.9 Å². The Bertz CT molecular complexity index is 847. The van der Waals surface area contributed by atoms with Crippen molar-refractivity contribution >= 4 is 17.9 Å². The Morgan fingerprint density at radius 2 is 1.87 bits per heavy atom. The van der Waals surface area contributed by atoms with Gasteiger partial charge in [-0.05, 0) is 31.9 Å². The third-order valence-electron chi connectivity index (χ3n) is 5.60. The Balaban J connectivity index is 1.57. The second-order valence-corrected chi connectivity index (χ2v) is 8.42. The number of hydrogen-bond acceptors (Lipinski definition) is 7. The van der Waals surface area contributed by atoms with Crippen LogP contribution in [-0.2, 0) is 10.9 Å². The highest BCUT2D eigenvalue weighted by molar-refractivity contribution is 7.96. The Morgan fingerprint density at radius 1 is 1.13 bits per heavy atom. The van der Waals surface area contributed by atoms with E-state index in [1.165, 1.54) is 0 Å². The van der Waals surface area contributed by atoms with Gasteiger partial charge >= 0.3 is 6.18 Å². The first-order chi connectivity index (χ1) is 14.4. The average molecular weight is 443 g/mol. The van der Waals surface area contributed by atoms with Crippen LogP contribution in [0, 0.1) is 0 Å². The van der Waals surface area contributed by atoms with E-state index >= 15 is 0 Å². The van der Waals surface area contributed by atoms with Crippen LogP contribution < -0.4 is 5.32 Å². The van der Waals surface area contributed by atoms with Gasteiger partial charge < -0.3 is 14.6 Å². The van der Waals surface area contributed by atoms with E-state index < -0.39 is 11.7 Å². The predicted molar refractivity (Wildman–Crippen MR) is 109 cm³/mol. The molecule has 7 nitrogen and oxygen atoms in total. The zero-order valence-electron chi connectivity index (χ0n) is 16.7. The molecule has 0 amide bonds. The van der Waals surface area contributed by atoms with E-state index in [1.54, 1.807) is 24.5 Å². The number of rotatable bonds is 5. The number of halogens is 3. The molecule has 0 spiro atoms. The smallest absolute Gasteiger partial charge is 0.381 e. The van der Waals surface area contributed by atoms with Crippen molar-refractivity contribution in [2.24, 2.45) is 0 Å². The number of anilines is 1. The van der Waals surface area contributed by atoms with Crippen molar-refractivity contribution in [3.05, 3.63) is 24.3 Å². The van der Waals surface area contributed by atoms with Crippen molar-refractivity contribution in [1.82, 2.24) is 23.8 Å². The molecule has 30 heavy (non-hydrogen) atoms. The maximum Gasteiger partial charge on any atom is 0.420 e. The second kappa shape index (κ2) is 9.11. The quantitative estimate of drug-likeness (QED) is 0.705. The van der Waals surface area contributed by atoms with E-state index in [0.29, 0.717) is 13.2 Å². The summed E-state index contributed by atoms with van der Waals surface area (Å²) < 4.78 is 50.3. The van der Waals surface area contributed by atoms with Crippen LogP contribution in [0.5, 0.6) is 0 Å². The van der Waals surface area contributed by atoms with Crippen molar-refractivity contribution in [3.8, 4) is 11.4 Å². The first-order valence-electron chi connectivity index (χ1n) is 10.1. The summed E-state index contributed by atoms with van der Waals surface area (Å²) in [7, 11) is 0. The molecule has 2 aromatic rings. The van der Waals surface area contributed by atoms with E-state index in [2.05, 4.69) is 24.6 Å². The number of aromatic nitrogens is 4. The summed E-state index contributed by atoms with van der Waals surface area (Å²) in [4.78, 5) is 12.4. The number of piperidine rings is 1. The molecule has 2 aromatic heterocycles. The first kappa shape index (κ1) is 21.4. The maximum absolute atomic E-state index is 13.6. The Morgan fingerprint density at radius 3 is 2.53 bits per heavy atom. The van der Waals surface area contributed by atoms with Crippen LogP contribution in [0.4, 0.5) is 19.1 Å². The fourth-order valence-electron chi connectivity index (χ4n) is 3.86. The highest BCUT2D eigenvalue weighted by Crippen LogP contribution is 2.36. The SMILES string of the molecule is CSN1CCC(Nc2ncc(C(F)(F)F)c(-c3cn(C4CCOCC4)cn3)n2)CC1. The zero-order chi connectivity index (χ0) is 21.1. The van der Waals surface area contributed by atoms with Crippen LogP contribution in [0.15, 0.2) is 18.7 Å². The number of nitrogens with zero attached hydrogens (tertiary/aromatic N) is 5. The standard InChI is InChI=1S/C19H25F3N6OS/c1-30-28-6-2-13(3-7-28)25-18-23-10-15(19(20,21)22)17(26-18)16-11-27(12-24-16)14-4-8-29-9-5-14/h10-14H,2-9H2,1H3,(H,23,25,26). The summed E-state index contributed by atoms with van der Waals surface area (Å²) in [5.41, 5.74) is -0.855. The molecule has 2 aliphatic rings. The van der Waals surface area contributed by atoms with Crippen LogP contribution >= 0.6 is 11.9 Å². The highest BCUT2D eigenvalue weighted by atomic mass is 32.2. The topological polar surface area (TPSA) is 68.1 Å². The summed E-state index contributed by atoms with van der Waals surface area (Å²) in [6.45, 7) is 3.12. The van der Waals surface area contributed by atoms with Crippen LogP contribution in [0.25, 0.3) is 11.4 Å². The van der Waals surface area contributed by atoms with Crippen molar-refractivity contribution < 1.29 is 17.9 Å². The maximum atomic E-state index is 13.6. The predicted octanol–water partition coefficient (Wildman–Crippen LogP) is 3.86. The monoisotopic (exact) mass is 442 g/mol. The van der Waals surface area contributed by atoms with Crippen molar-refractivity contribution in [1.29, 1.82) is 0 Å². The average Bonchev–Trinajstić information content (AvgIpc) is 3.24. The molecule has 0 aromatic carbocycles. The fraction of sp³-hybridized carbons (Fsp3) is 0.632. The lowest BCUT2D eigenvalue weighted by atomic mass is 10.1. The van der Waals surface area contributed by atoms with Crippen LogP contribution in [-0.4, -0.2) is 62.4 Å². The van der Waals surface area contributed by atoms with Gasteiger partial charge in [0.2, 0.25) is 5.95 Å². The van der Waals surface area contributed by atoms with E-state index in [9.17, 15) is 13.2 Å². The van der Waals surface area contributed by atoms with Gasteiger partial charge in [-0.2, -0.15) is 13.2 Å². The van der Waals surface area contributed by atoms with Gasteiger partial charge in [0.25, 0.3) is 0 Å². The molecule has 0 unspecified atom stereocenters. The molecule has 0 radical (unpaired) electrons. The molecular formula is C19H25F3N6OS. The molecule has 164 valence electrons. The summed E-state index contributed by atoms with van der Waals surface area (Å²) in [6, 6.07) is 0.313. The van der Waals surface area contributed by atoms with Crippen molar-refractivity contribution in [2.75, 3.05) is 37.9 Å². The van der Waals surface area contributed by atoms with E-state index in [-0.39, 0.29) is 29.4 Å². The van der Waals surface area contributed by atoms with Crippen LogP contribution in [0.1, 0.15) is 37.3 Å². The molecule has 2 aliphatic heterocycles. The normalized spacial score (nSPS) is 19.9. The lowest BCUT2D eigenvalue weighted by Crippen LogP contribution is -2.35. The first-order valence-corrected chi connectivity index (χ1v) is 11.2. The van der Waals surface area contributed by atoms with Gasteiger partial charge in [0.15, 0.2) is 0 Å². The van der Waals surface area contributed by atoms with Gasteiger partial charge in [0.1, 0.15) is 17.0 Å². The molecule has 4 heterocycles. The third kappa shape index (κ3) is 4.89. The van der Waals surface area contributed by atoms with E-state index in [0.717, 1.165) is 45.0 Å². The molecule has 11 heteroatoms. The molecule has 0 atom stereocenters. The molecule has 4 rings (SSSR count). The molecular weight excluding hydrogens is 417 g/mol. The lowest BCUT2D eigenvalue weighted by Gasteiger charge is -2.30. The van der Waals surface area contributed by atoms with Crippen LogP contribution in [0.2, 0.25) is 0 Å². The summed E-state index contributed by atoms with van der Waals surface area (Å²) >= 11 is 1.70. The number of alkyl halides is 3. The van der Waals surface area contributed by atoms with Crippen molar-refractivity contribution in [3.63, 3.8) is 0 Å². The number of hydrogen-bond donors (Lipinski definition) is 1. The van der Waals surface area contributed by atoms with Gasteiger partial charge in [-0.3, -0.25) is 4.31 Å². The van der Waals surface area contributed by atoms with E-state index in [1.807, 2.05) is 10.8 Å². The molecule has 1 N–H and O–H groups in total. The zero-order valence-corrected chi connectivity index (χ0v) is 17.5. The minimum atomic E-state index is -4.56. The minimum absolute atomic E-state index is 0.137. The number of imidazole rings is 1.